The van der Waals surface area contributed by atoms with Gasteiger partial charge in [-0.05, 0) is 37.6 Å². The van der Waals surface area contributed by atoms with Crippen LogP contribution in [0.4, 0.5) is 5.82 Å². The van der Waals surface area contributed by atoms with Crippen LogP contribution >= 0.6 is 11.6 Å². The lowest BCUT2D eigenvalue weighted by Crippen LogP contribution is -2.19. The smallest absolute Gasteiger partial charge is 0.227 e. The number of sulfone groups is 1. The summed E-state index contributed by atoms with van der Waals surface area (Å²) in [5.41, 5.74) is 1.48. The van der Waals surface area contributed by atoms with Crippen LogP contribution in [0.25, 0.3) is 11.4 Å². The molecule has 0 bridgehead atoms. The molecule has 0 spiro atoms. The van der Waals surface area contributed by atoms with E-state index in [1.54, 1.807) is 41.9 Å². The van der Waals surface area contributed by atoms with Crippen molar-refractivity contribution in [3.05, 3.63) is 46.9 Å². The average Bonchev–Trinajstić information content (AvgIpc) is 3.39. The van der Waals surface area contributed by atoms with Gasteiger partial charge in [0.05, 0.1) is 23.2 Å². The lowest BCUT2D eigenvalue weighted by molar-refractivity contribution is -0.116. The van der Waals surface area contributed by atoms with Gasteiger partial charge in [0.25, 0.3) is 0 Å². The minimum atomic E-state index is -3.06. The normalized spacial score (nSPS) is 17.9. The van der Waals surface area contributed by atoms with Crippen molar-refractivity contribution in [2.24, 2.45) is 0 Å². The number of nitrogens with one attached hydrogen (secondary N) is 1. The molecule has 1 aliphatic heterocycles. The van der Waals surface area contributed by atoms with E-state index >= 15 is 0 Å². The summed E-state index contributed by atoms with van der Waals surface area (Å²) < 4.78 is 30.4. The Balaban J connectivity index is 1.37. The van der Waals surface area contributed by atoms with Crippen LogP contribution in [-0.2, 0) is 21.1 Å². The van der Waals surface area contributed by atoms with Crippen molar-refractivity contribution in [1.29, 1.82) is 0 Å². The summed E-state index contributed by atoms with van der Waals surface area (Å²) in [7, 11) is -3.06. The van der Waals surface area contributed by atoms with Crippen molar-refractivity contribution in [1.82, 2.24) is 19.9 Å². The number of aromatic nitrogens is 4. The maximum absolute atomic E-state index is 12.4. The summed E-state index contributed by atoms with van der Waals surface area (Å²) in [6.45, 7) is 1.80. The number of carbonyl (C=O) groups excluding carboxylic acids is 1. The van der Waals surface area contributed by atoms with Gasteiger partial charge in [0.2, 0.25) is 17.6 Å². The first-order valence-electron chi connectivity index (χ1n) is 9.44. The maximum atomic E-state index is 12.4. The van der Waals surface area contributed by atoms with Crippen molar-refractivity contribution in [2.75, 3.05) is 16.8 Å². The predicted molar refractivity (Wildman–Crippen MR) is 111 cm³/mol. The number of hydrogen-bond donors (Lipinski definition) is 1. The Morgan fingerprint density at radius 1 is 1.33 bits per heavy atom. The van der Waals surface area contributed by atoms with Crippen LogP contribution in [0.3, 0.4) is 0 Å². The molecule has 9 nitrogen and oxygen atoms in total. The van der Waals surface area contributed by atoms with Gasteiger partial charge in [-0.2, -0.15) is 10.1 Å². The highest BCUT2D eigenvalue weighted by Crippen LogP contribution is 2.27. The summed E-state index contributed by atoms with van der Waals surface area (Å²) in [5, 5.41) is 11.7. The van der Waals surface area contributed by atoms with E-state index in [-0.39, 0.29) is 36.3 Å². The minimum absolute atomic E-state index is 0.0342. The monoisotopic (exact) mass is 449 g/mol. The zero-order valence-electron chi connectivity index (χ0n) is 16.2. The Bertz CT molecular complexity index is 1170. The van der Waals surface area contributed by atoms with Gasteiger partial charge in [-0.15, -0.1) is 0 Å². The lowest BCUT2D eigenvalue weighted by atomic mass is 10.2. The van der Waals surface area contributed by atoms with Crippen LogP contribution in [0.2, 0.25) is 5.02 Å². The van der Waals surface area contributed by atoms with Gasteiger partial charge in [0, 0.05) is 29.5 Å². The Kier molecular flexibility index (Phi) is 5.61. The molecule has 0 aliphatic carbocycles. The molecule has 1 atom stereocenters. The van der Waals surface area contributed by atoms with Gasteiger partial charge >= 0.3 is 0 Å². The second-order valence-electron chi connectivity index (χ2n) is 7.24. The largest absolute Gasteiger partial charge is 0.339 e. The van der Waals surface area contributed by atoms with Gasteiger partial charge in [-0.25, -0.2) is 13.1 Å². The van der Waals surface area contributed by atoms with E-state index in [1.807, 2.05) is 0 Å². The zero-order valence-corrected chi connectivity index (χ0v) is 17.8. The van der Waals surface area contributed by atoms with Gasteiger partial charge in [0.1, 0.15) is 5.82 Å². The first kappa shape index (κ1) is 20.5. The van der Waals surface area contributed by atoms with E-state index in [9.17, 15) is 13.2 Å². The second-order valence-corrected chi connectivity index (χ2v) is 9.90. The van der Waals surface area contributed by atoms with Crippen molar-refractivity contribution >= 4 is 33.2 Å². The minimum Gasteiger partial charge on any atom is -0.339 e. The molecule has 3 heterocycles. The molecular weight excluding hydrogens is 430 g/mol. The van der Waals surface area contributed by atoms with E-state index < -0.39 is 9.84 Å². The van der Waals surface area contributed by atoms with E-state index in [0.717, 1.165) is 5.56 Å². The van der Waals surface area contributed by atoms with Crippen LogP contribution < -0.4 is 5.32 Å². The number of anilines is 1. The molecular formula is C19H20ClN5O4S. The third kappa shape index (κ3) is 4.71. The standard InChI is InChI=1S/C19H20ClN5O4S/c1-12-10-16(25(23-12)15-8-9-30(27,28)11-15)21-17(26)6-7-18-22-19(24-29-18)13-2-4-14(20)5-3-13/h2-5,10,15H,6-9,11H2,1H3,(H,21,26). The summed E-state index contributed by atoms with van der Waals surface area (Å²) in [4.78, 5) is 16.7. The molecule has 1 saturated heterocycles. The number of halogens is 1. The molecule has 1 aromatic carbocycles. The molecule has 4 rings (SSSR count). The molecule has 30 heavy (non-hydrogen) atoms. The molecule has 0 radical (unpaired) electrons. The summed E-state index contributed by atoms with van der Waals surface area (Å²) in [6, 6.07) is 8.51. The van der Waals surface area contributed by atoms with E-state index in [2.05, 4.69) is 20.6 Å². The summed E-state index contributed by atoms with van der Waals surface area (Å²) >= 11 is 5.88. The number of amides is 1. The van der Waals surface area contributed by atoms with Gasteiger partial charge in [-0.1, -0.05) is 16.8 Å². The Hall–Kier alpha value is -2.72. The van der Waals surface area contributed by atoms with Crippen molar-refractivity contribution in [3.8, 4) is 11.4 Å². The van der Waals surface area contributed by atoms with Crippen molar-refractivity contribution in [2.45, 2.75) is 32.2 Å². The van der Waals surface area contributed by atoms with Crippen LogP contribution in [0.5, 0.6) is 0 Å². The molecule has 1 N–H and O–H groups in total. The highest BCUT2D eigenvalue weighted by Gasteiger charge is 2.31. The zero-order chi connectivity index (χ0) is 21.3. The molecule has 0 saturated carbocycles. The number of aryl methyl sites for hydroxylation is 2. The number of rotatable bonds is 6. The Morgan fingerprint density at radius 3 is 2.80 bits per heavy atom. The third-order valence-electron chi connectivity index (χ3n) is 4.82. The first-order valence-corrected chi connectivity index (χ1v) is 11.6. The van der Waals surface area contributed by atoms with Crippen LogP contribution in [-0.4, -0.2) is 45.8 Å². The second kappa shape index (κ2) is 8.19. The molecule has 2 aromatic heterocycles. The van der Waals surface area contributed by atoms with E-state index in [0.29, 0.717) is 34.7 Å². The first-order chi connectivity index (χ1) is 14.3. The van der Waals surface area contributed by atoms with Crippen LogP contribution in [0, 0.1) is 6.92 Å². The van der Waals surface area contributed by atoms with Crippen molar-refractivity contribution < 1.29 is 17.7 Å². The highest BCUT2D eigenvalue weighted by molar-refractivity contribution is 7.91. The summed E-state index contributed by atoms with van der Waals surface area (Å²) in [5.74, 6) is 1.19. The lowest BCUT2D eigenvalue weighted by Gasteiger charge is -2.13. The van der Waals surface area contributed by atoms with Gasteiger partial charge in [-0.3, -0.25) is 4.79 Å². The number of carbonyl (C=O) groups is 1. The fourth-order valence-corrected chi connectivity index (χ4v) is 5.17. The highest BCUT2D eigenvalue weighted by atomic mass is 35.5. The maximum Gasteiger partial charge on any atom is 0.227 e. The van der Waals surface area contributed by atoms with Crippen molar-refractivity contribution in [3.63, 3.8) is 0 Å². The van der Waals surface area contributed by atoms with E-state index in [4.69, 9.17) is 16.1 Å². The predicted octanol–water partition coefficient (Wildman–Crippen LogP) is 2.83. The summed E-state index contributed by atoms with van der Waals surface area (Å²) in [6.07, 6.45) is 0.897. The number of nitrogens with zero attached hydrogens (tertiary/aromatic N) is 4. The van der Waals surface area contributed by atoms with Gasteiger partial charge < -0.3 is 9.84 Å². The number of benzene rings is 1. The quantitative estimate of drug-likeness (QED) is 0.614. The number of hydrogen-bond acceptors (Lipinski definition) is 7. The molecule has 158 valence electrons. The molecule has 1 aliphatic rings. The molecule has 1 unspecified atom stereocenters. The molecule has 1 amide bonds. The topological polar surface area (TPSA) is 120 Å². The Labute approximate surface area is 178 Å². The molecule has 3 aromatic rings. The molecule has 11 heteroatoms. The fraction of sp³-hybridized carbons (Fsp3) is 0.368. The van der Waals surface area contributed by atoms with Crippen LogP contribution in [0.15, 0.2) is 34.9 Å². The Morgan fingerprint density at radius 2 is 2.10 bits per heavy atom. The third-order valence-corrected chi connectivity index (χ3v) is 6.82. The fourth-order valence-electron chi connectivity index (χ4n) is 3.36. The SMILES string of the molecule is Cc1cc(NC(=O)CCc2nc(-c3ccc(Cl)cc3)no2)n(C2CCS(=O)(=O)C2)n1. The van der Waals surface area contributed by atoms with E-state index in [1.165, 1.54) is 0 Å². The average molecular weight is 450 g/mol. The molecule has 1 fully saturated rings. The van der Waals surface area contributed by atoms with Gasteiger partial charge in [0.15, 0.2) is 9.84 Å². The van der Waals surface area contributed by atoms with Crippen LogP contribution in [0.1, 0.15) is 30.5 Å².